The first-order valence-corrected chi connectivity index (χ1v) is 26.9. The van der Waals surface area contributed by atoms with Crippen LogP contribution in [0.15, 0.2) is 72.8 Å². The van der Waals surface area contributed by atoms with Crippen LogP contribution < -0.4 is 16.0 Å². The van der Waals surface area contributed by atoms with E-state index in [0.717, 1.165) is 59.9 Å². The average molecular weight is 1070 g/mol. The number of nitrogens with one attached hydrogen (secondary N) is 3. The molecule has 2 aliphatic carbocycles. The fraction of sp³-hybridized carbons (Fsp3) is 0.500. The SMILES string of the molecule is CC(C)(C)OC(=O)NC(C(=O)O)c1cccc(Cl)c1.Cc1cc(C2CC2)nc2cc([C@@H]3CCCCN3)nn12.Cc1cc(C2CC2)nc2cc([C@@H]3CCCCN3C(=O)C(NC(=O)OC(C)(C)C)c3cccc(Cl)c3)nn12. The minimum absolute atomic E-state index is 0.210. The Hall–Kier alpha value is -6.30. The molecule has 2 aromatic carbocycles. The van der Waals surface area contributed by atoms with Crippen LogP contribution in [0.4, 0.5) is 9.59 Å². The van der Waals surface area contributed by atoms with E-state index in [9.17, 15) is 19.2 Å². The number of likely N-dealkylation sites (tertiary alicyclic amines) is 1. The zero-order chi connectivity index (χ0) is 53.8. The van der Waals surface area contributed by atoms with Crippen LogP contribution in [-0.2, 0) is 19.1 Å². The van der Waals surface area contributed by atoms with Gasteiger partial charge in [-0.15, -0.1) is 0 Å². The number of halogens is 2. The van der Waals surface area contributed by atoms with Gasteiger partial charge in [0, 0.05) is 63.3 Å². The van der Waals surface area contributed by atoms with Crippen LogP contribution in [-0.4, -0.2) is 87.6 Å². The molecule has 2 aliphatic heterocycles. The highest BCUT2D eigenvalue weighted by atomic mass is 35.5. The summed E-state index contributed by atoms with van der Waals surface area (Å²) in [6, 6.07) is 19.9. The first-order valence-electron chi connectivity index (χ1n) is 26.1. The van der Waals surface area contributed by atoms with Gasteiger partial charge in [-0.2, -0.15) is 10.2 Å². The van der Waals surface area contributed by atoms with Gasteiger partial charge in [-0.1, -0.05) is 53.9 Å². The lowest BCUT2D eigenvalue weighted by Gasteiger charge is -2.37. The van der Waals surface area contributed by atoms with Gasteiger partial charge in [0.05, 0.1) is 23.5 Å². The summed E-state index contributed by atoms with van der Waals surface area (Å²) in [4.78, 5) is 61.1. The predicted molar refractivity (Wildman–Crippen MR) is 287 cm³/mol. The highest BCUT2D eigenvalue weighted by molar-refractivity contribution is 6.31. The molecule has 4 atom stereocenters. The molecule has 2 saturated heterocycles. The molecule has 10 rings (SSSR count). The number of carboxylic acid groups (broad SMARTS) is 1. The van der Waals surface area contributed by atoms with Crippen molar-refractivity contribution in [1.82, 2.24) is 50.0 Å². The number of amides is 3. The molecule has 0 bridgehead atoms. The molecule has 4 N–H and O–H groups in total. The highest BCUT2D eigenvalue weighted by Gasteiger charge is 2.37. The maximum atomic E-state index is 14.1. The van der Waals surface area contributed by atoms with Crippen molar-refractivity contribution in [1.29, 1.82) is 0 Å². The molecule has 3 amide bonds. The van der Waals surface area contributed by atoms with E-state index in [1.165, 1.54) is 62.4 Å². The Balaban J connectivity index is 0.000000165. The lowest BCUT2D eigenvalue weighted by atomic mass is 9.96. The largest absolute Gasteiger partial charge is 0.479 e. The van der Waals surface area contributed by atoms with E-state index in [1.807, 2.05) is 26.9 Å². The molecule has 4 fully saturated rings. The zero-order valence-corrected chi connectivity index (χ0v) is 45.7. The van der Waals surface area contributed by atoms with E-state index >= 15 is 0 Å². The van der Waals surface area contributed by atoms with E-state index in [-0.39, 0.29) is 11.9 Å². The summed E-state index contributed by atoms with van der Waals surface area (Å²) in [5, 5.41) is 28.3. The van der Waals surface area contributed by atoms with Gasteiger partial charge in [-0.05, 0) is 167 Å². The first kappa shape index (κ1) is 54.9. The summed E-state index contributed by atoms with van der Waals surface area (Å²) < 4.78 is 14.4. The van der Waals surface area contributed by atoms with Crippen molar-refractivity contribution in [3.05, 3.63) is 128 Å². The number of hydrogen-bond acceptors (Lipinski definition) is 11. The maximum Gasteiger partial charge on any atom is 0.408 e. The number of aliphatic carboxylic acids is 1. The molecule has 4 aliphatic rings. The minimum Gasteiger partial charge on any atom is -0.479 e. The molecule has 2 unspecified atom stereocenters. The molecule has 2 saturated carbocycles. The number of aromatic nitrogens is 6. The Morgan fingerprint density at radius 3 is 1.61 bits per heavy atom. The number of piperidine rings is 2. The number of benzene rings is 2. The van der Waals surface area contributed by atoms with Crippen LogP contribution in [0.1, 0.15) is 187 Å². The van der Waals surface area contributed by atoms with Gasteiger partial charge in [0.15, 0.2) is 17.3 Å². The number of nitrogens with zero attached hydrogens (tertiary/aromatic N) is 7. The fourth-order valence-corrected chi connectivity index (χ4v) is 9.81. The predicted octanol–water partition coefficient (Wildman–Crippen LogP) is 11.6. The molecular formula is C56H70Cl2N10O7. The van der Waals surface area contributed by atoms with Crippen LogP contribution in [0.3, 0.4) is 0 Å². The van der Waals surface area contributed by atoms with Crippen molar-refractivity contribution in [2.75, 3.05) is 13.1 Å². The molecule has 75 heavy (non-hydrogen) atoms. The molecule has 0 radical (unpaired) electrons. The highest BCUT2D eigenvalue weighted by Crippen LogP contribution is 2.41. The molecule has 0 spiro atoms. The molecule has 400 valence electrons. The topological polar surface area (TPSA) is 207 Å². The average Bonchev–Trinajstić information content (AvgIpc) is 4.29. The van der Waals surface area contributed by atoms with E-state index < -0.39 is 41.4 Å². The van der Waals surface area contributed by atoms with Gasteiger partial charge in [-0.25, -0.2) is 33.4 Å². The summed E-state index contributed by atoms with van der Waals surface area (Å²) in [5.74, 6) is -0.145. The van der Waals surface area contributed by atoms with Gasteiger partial charge >= 0.3 is 18.2 Å². The van der Waals surface area contributed by atoms with Crippen LogP contribution >= 0.6 is 23.2 Å². The summed E-state index contributed by atoms with van der Waals surface area (Å²) in [5.41, 5.74) is 8.02. The number of alkyl carbamates (subject to hydrolysis) is 2. The summed E-state index contributed by atoms with van der Waals surface area (Å²) in [6.07, 6.45) is 9.96. The number of ether oxygens (including phenoxy) is 2. The third-order valence-electron chi connectivity index (χ3n) is 13.3. The van der Waals surface area contributed by atoms with Crippen LogP contribution in [0, 0.1) is 13.8 Å². The second kappa shape index (κ2) is 23.3. The molecule has 17 nitrogen and oxygen atoms in total. The standard InChI is InChI=1S/C28H34ClN5O3.C15H20N4.C13H16ClNO4/c1-17-14-21(18-11-12-18)30-24-16-22(32-34(17)24)23-10-5-6-13-33(23)26(35)25(19-8-7-9-20(29)15-19)31-27(36)37-28(2,3)4;1-10-8-13(11-5-6-11)17-15-9-14(18-19(10)15)12-4-2-3-7-16-12;1-13(2,3)19-12(18)15-10(11(16)17)8-5-4-6-9(14)7-8/h7-9,14-16,18,23,25H,5-6,10-13H2,1-4H3,(H,31,36);8-9,11-12,16H,2-7H2,1H3;4-7,10H,1-3H3,(H,15,18)(H,16,17)/t23-,25?;12-;/m00./s1. The molecule has 19 heteroatoms. The van der Waals surface area contributed by atoms with Crippen LogP contribution in [0.2, 0.25) is 10.0 Å². The summed E-state index contributed by atoms with van der Waals surface area (Å²) >= 11 is 12.1. The van der Waals surface area contributed by atoms with Crippen molar-refractivity contribution in [3.8, 4) is 0 Å². The monoisotopic (exact) mass is 1060 g/mol. The molecule has 6 heterocycles. The van der Waals surface area contributed by atoms with Crippen molar-refractivity contribution in [3.63, 3.8) is 0 Å². The lowest BCUT2D eigenvalue weighted by molar-refractivity contribution is -0.140. The third kappa shape index (κ3) is 14.8. The lowest BCUT2D eigenvalue weighted by Crippen LogP contribution is -2.47. The van der Waals surface area contributed by atoms with Gasteiger partial charge in [0.2, 0.25) is 5.91 Å². The Bertz CT molecular complexity index is 3020. The molecular weight excluding hydrogens is 996 g/mol. The smallest absolute Gasteiger partial charge is 0.408 e. The molecule has 4 aromatic heterocycles. The number of carboxylic acids is 1. The second-order valence-corrected chi connectivity index (χ2v) is 22.9. The minimum atomic E-state index is -1.20. The van der Waals surface area contributed by atoms with E-state index in [0.29, 0.717) is 45.6 Å². The summed E-state index contributed by atoms with van der Waals surface area (Å²) in [7, 11) is 0. The van der Waals surface area contributed by atoms with Crippen LogP contribution in [0.5, 0.6) is 0 Å². The zero-order valence-electron chi connectivity index (χ0n) is 44.2. The maximum absolute atomic E-state index is 14.1. The van der Waals surface area contributed by atoms with E-state index in [4.69, 9.17) is 57.9 Å². The number of fused-ring (bicyclic) bond motifs is 2. The Morgan fingerprint density at radius 2 is 1.13 bits per heavy atom. The Kier molecular flexibility index (Phi) is 17.1. The van der Waals surface area contributed by atoms with Gasteiger partial charge in [0.1, 0.15) is 17.2 Å². The quantitative estimate of drug-likeness (QED) is 0.101. The fourth-order valence-electron chi connectivity index (χ4n) is 9.42. The number of carbonyl (C=O) groups excluding carboxylic acids is 3. The number of rotatable bonds is 10. The summed E-state index contributed by atoms with van der Waals surface area (Å²) in [6.45, 7) is 16.3. The number of carbonyl (C=O) groups is 4. The van der Waals surface area contributed by atoms with E-state index in [2.05, 4.69) is 41.1 Å². The molecule has 6 aromatic rings. The van der Waals surface area contributed by atoms with Crippen molar-refractivity contribution in [2.24, 2.45) is 0 Å². The van der Waals surface area contributed by atoms with Crippen molar-refractivity contribution in [2.45, 2.75) is 167 Å². The Labute approximate surface area is 448 Å². The normalized spacial score (nSPS) is 18.7. The third-order valence-corrected chi connectivity index (χ3v) is 13.7. The van der Waals surface area contributed by atoms with Crippen molar-refractivity contribution < 1.29 is 33.8 Å². The van der Waals surface area contributed by atoms with Gasteiger partial charge in [-0.3, -0.25) is 4.79 Å². The number of hydrogen-bond donors (Lipinski definition) is 4. The van der Waals surface area contributed by atoms with Gasteiger partial charge < -0.3 is 35.4 Å². The van der Waals surface area contributed by atoms with Crippen molar-refractivity contribution >= 4 is 58.6 Å². The van der Waals surface area contributed by atoms with Crippen LogP contribution in [0.25, 0.3) is 11.3 Å². The first-order chi connectivity index (χ1) is 35.6. The van der Waals surface area contributed by atoms with Gasteiger partial charge in [0.25, 0.3) is 0 Å². The second-order valence-electron chi connectivity index (χ2n) is 22.0. The Morgan fingerprint density at radius 1 is 0.640 bits per heavy atom. The van der Waals surface area contributed by atoms with E-state index in [1.54, 1.807) is 84.0 Å². The number of aryl methyl sites for hydroxylation is 2.